The van der Waals surface area contributed by atoms with Crippen LogP contribution in [0.15, 0.2) is 70.2 Å². The van der Waals surface area contributed by atoms with Gasteiger partial charge in [-0.2, -0.15) is 18.3 Å². The molecule has 0 aliphatic rings. The third-order valence-corrected chi connectivity index (χ3v) is 3.97. The first-order chi connectivity index (χ1) is 13.3. The molecule has 0 unspecified atom stereocenters. The summed E-state index contributed by atoms with van der Waals surface area (Å²) >= 11 is 5.94. The fourth-order valence-corrected chi connectivity index (χ4v) is 2.66. The van der Waals surface area contributed by atoms with E-state index in [1.807, 2.05) is 6.07 Å². The molecule has 4 nitrogen and oxygen atoms in total. The van der Waals surface area contributed by atoms with Crippen LogP contribution in [0, 0.1) is 0 Å². The monoisotopic (exact) mass is 406 g/mol. The van der Waals surface area contributed by atoms with E-state index in [1.54, 1.807) is 30.3 Å². The van der Waals surface area contributed by atoms with Gasteiger partial charge < -0.3 is 4.42 Å². The molecule has 0 aliphatic carbocycles. The molecule has 1 heterocycles. The van der Waals surface area contributed by atoms with Crippen LogP contribution in [0.2, 0.25) is 5.02 Å². The molecule has 0 saturated heterocycles. The van der Waals surface area contributed by atoms with Crippen LogP contribution in [0.1, 0.15) is 16.9 Å². The molecule has 0 aliphatic heterocycles. The molecule has 144 valence electrons. The summed E-state index contributed by atoms with van der Waals surface area (Å²) in [5, 5.41) is 4.34. The minimum absolute atomic E-state index is 0.229. The van der Waals surface area contributed by atoms with Gasteiger partial charge in [0.05, 0.1) is 18.2 Å². The van der Waals surface area contributed by atoms with Gasteiger partial charge >= 0.3 is 6.18 Å². The largest absolute Gasteiger partial charge is 0.455 e. The summed E-state index contributed by atoms with van der Waals surface area (Å²) in [5.74, 6) is 0.436. The molecule has 3 aromatic rings. The fourth-order valence-electron chi connectivity index (χ4n) is 2.47. The summed E-state index contributed by atoms with van der Waals surface area (Å²) in [5.41, 5.74) is 2.50. The normalized spacial score (nSPS) is 11.7. The van der Waals surface area contributed by atoms with E-state index in [0.29, 0.717) is 16.5 Å². The van der Waals surface area contributed by atoms with Gasteiger partial charge in [0.1, 0.15) is 11.5 Å². The Morgan fingerprint density at radius 1 is 1.11 bits per heavy atom. The third-order valence-electron chi connectivity index (χ3n) is 3.74. The minimum atomic E-state index is -4.45. The number of carbonyl (C=O) groups is 1. The van der Waals surface area contributed by atoms with Gasteiger partial charge in [0, 0.05) is 10.6 Å². The molecule has 0 fully saturated rings. The van der Waals surface area contributed by atoms with Gasteiger partial charge in [-0.25, -0.2) is 5.43 Å². The predicted octanol–water partition coefficient (Wildman–Crippen LogP) is 5.31. The highest BCUT2D eigenvalue weighted by Crippen LogP contribution is 2.29. The van der Waals surface area contributed by atoms with Crippen molar-refractivity contribution in [2.45, 2.75) is 12.6 Å². The Balaban J connectivity index is 1.59. The van der Waals surface area contributed by atoms with Crippen molar-refractivity contribution in [3.8, 4) is 11.3 Å². The summed E-state index contributed by atoms with van der Waals surface area (Å²) in [6.45, 7) is 0. The van der Waals surface area contributed by atoms with Gasteiger partial charge in [0.2, 0.25) is 5.91 Å². The molecule has 0 spiro atoms. The molecule has 2 aromatic carbocycles. The van der Waals surface area contributed by atoms with Crippen molar-refractivity contribution < 1.29 is 22.4 Å². The quantitative estimate of drug-likeness (QED) is 0.461. The number of benzene rings is 2. The van der Waals surface area contributed by atoms with Gasteiger partial charge in [-0.3, -0.25) is 4.79 Å². The molecule has 0 saturated carbocycles. The summed E-state index contributed by atoms with van der Waals surface area (Å²) in [6.07, 6.45) is -3.38. The van der Waals surface area contributed by atoms with Crippen LogP contribution in [0.25, 0.3) is 11.3 Å². The smallest absolute Gasteiger partial charge is 0.416 e. The van der Waals surface area contributed by atoms with Gasteiger partial charge in [0.25, 0.3) is 0 Å². The van der Waals surface area contributed by atoms with E-state index in [9.17, 15) is 18.0 Å². The van der Waals surface area contributed by atoms with Crippen LogP contribution < -0.4 is 5.43 Å². The first-order valence-electron chi connectivity index (χ1n) is 8.15. The van der Waals surface area contributed by atoms with E-state index >= 15 is 0 Å². The molecule has 0 atom stereocenters. The number of hydrazone groups is 1. The Morgan fingerprint density at radius 2 is 1.89 bits per heavy atom. The van der Waals surface area contributed by atoms with Gasteiger partial charge in [-0.05, 0) is 35.9 Å². The Morgan fingerprint density at radius 3 is 2.64 bits per heavy atom. The van der Waals surface area contributed by atoms with Crippen LogP contribution in [0.4, 0.5) is 13.2 Å². The third kappa shape index (κ3) is 5.23. The van der Waals surface area contributed by atoms with Crippen LogP contribution in [0.5, 0.6) is 0 Å². The van der Waals surface area contributed by atoms with E-state index in [-0.39, 0.29) is 12.0 Å². The standard InChI is InChI=1S/C20H14ClF3N2O2/c21-16-6-2-4-14(11-16)18-8-7-17(28-18)12-25-26-19(27)10-13-3-1-5-15(9-13)20(22,23)24/h1-9,11-12H,10H2,(H,26,27)/b25-12-. The Hall–Kier alpha value is -3.06. The van der Waals surface area contributed by atoms with Gasteiger partial charge in [0.15, 0.2) is 0 Å². The molecule has 0 radical (unpaired) electrons. The van der Waals surface area contributed by atoms with E-state index < -0.39 is 17.6 Å². The van der Waals surface area contributed by atoms with Crippen molar-refractivity contribution in [3.63, 3.8) is 0 Å². The summed E-state index contributed by atoms with van der Waals surface area (Å²) in [7, 11) is 0. The second kappa shape index (κ2) is 8.31. The number of nitrogens with zero attached hydrogens (tertiary/aromatic N) is 1. The summed E-state index contributed by atoms with van der Waals surface area (Å²) in [4.78, 5) is 11.9. The molecule has 1 amide bonds. The molecule has 3 rings (SSSR count). The Kier molecular flexibility index (Phi) is 5.84. The molecule has 8 heteroatoms. The van der Waals surface area contributed by atoms with Crippen molar-refractivity contribution in [1.29, 1.82) is 0 Å². The molecule has 1 aromatic heterocycles. The molecule has 1 N–H and O–H groups in total. The van der Waals surface area contributed by atoms with E-state index in [1.165, 1.54) is 18.3 Å². The number of furan rings is 1. The zero-order valence-electron chi connectivity index (χ0n) is 14.3. The summed E-state index contributed by atoms with van der Waals surface area (Å²) < 4.78 is 43.7. The van der Waals surface area contributed by atoms with Crippen molar-refractivity contribution in [1.82, 2.24) is 5.43 Å². The highest BCUT2D eigenvalue weighted by Gasteiger charge is 2.30. The first kappa shape index (κ1) is 19.7. The zero-order valence-corrected chi connectivity index (χ0v) is 15.1. The average Bonchev–Trinajstić information content (AvgIpc) is 3.10. The van der Waals surface area contributed by atoms with Crippen molar-refractivity contribution in [3.05, 3.63) is 82.6 Å². The van der Waals surface area contributed by atoms with Crippen LogP contribution >= 0.6 is 11.6 Å². The molecular formula is C20H14ClF3N2O2. The number of alkyl halides is 3. The van der Waals surface area contributed by atoms with Gasteiger partial charge in [-0.1, -0.05) is 41.9 Å². The van der Waals surface area contributed by atoms with Crippen LogP contribution in [0.3, 0.4) is 0 Å². The maximum atomic E-state index is 12.7. The topological polar surface area (TPSA) is 54.6 Å². The lowest BCUT2D eigenvalue weighted by atomic mass is 10.1. The predicted molar refractivity (Wildman–Crippen MR) is 100 cm³/mol. The molecule has 28 heavy (non-hydrogen) atoms. The second-order valence-corrected chi connectivity index (χ2v) is 6.32. The number of rotatable bonds is 5. The van der Waals surface area contributed by atoms with Crippen LogP contribution in [-0.2, 0) is 17.4 Å². The highest BCUT2D eigenvalue weighted by molar-refractivity contribution is 6.30. The number of nitrogens with one attached hydrogen (secondary N) is 1. The SMILES string of the molecule is O=C(Cc1cccc(C(F)(F)F)c1)N/N=C\c1ccc(-c2cccc(Cl)c2)o1. The Labute approximate surface area is 163 Å². The van der Waals surface area contributed by atoms with Crippen molar-refractivity contribution in [2.24, 2.45) is 5.10 Å². The lowest BCUT2D eigenvalue weighted by molar-refractivity contribution is -0.137. The highest BCUT2D eigenvalue weighted by atomic mass is 35.5. The van der Waals surface area contributed by atoms with E-state index in [2.05, 4.69) is 10.5 Å². The van der Waals surface area contributed by atoms with Crippen molar-refractivity contribution >= 4 is 23.7 Å². The maximum Gasteiger partial charge on any atom is 0.416 e. The number of carbonyl (C=O) groups excluding carboxylic acids is 1. The lowest BCUT2D eigenvalue weighted by Crippen LogP contribution is -2.20. The average molecular weight is 407 g/mol. The summed E-state index contributed by atoms with van der Waals surface area (Å²) in [6, 6.07) is 15.1. The zero-order chi connectivity index (χ0) is 20.1. The van der Waals surface area contributed by atoms with Crippen LogP contribution in [-0.4, -0.2) is 12.1 Å². The van der Waals surface area contributed by atoms with Crippen molar-refractivity contribution in [2.75, 3.05) is 0 Å². The molecule has 0 bridgehead atoms. The first-order valence-corrected chi connectivity index (χ1v) is 8.53. The number of halogens is 4. The van der Waals surface area contributed by atoms with Gasteiger partial charge in [-0.15, -0.1) is 0 Å². The van der Waals surface area contributed by atoms with E-state index in [4.69, 9.17) is 16.0 Å². The number of hydrogen-bond donors (Lipinski definition) is 1. The second-order valence-electron chi connectivity index (χ2n) is 5.88. The minimum Gasteiger partial charge on any atom is -0.455 e. The number of amides is 1. The molecular weight excluding hydrogens is 393 g/mol. The maximum absolute atomic E-state index is 12.7. The lowest BCUT2D eigenvalue weighted by Gasteiger charge is -2.08. The number of hydrogen-bond acceptors (Lipinski definition) is 3. The fraction of sp³-hybridized carbons (Fsp3) is 0.100. The van der Waals surface area contributed by atoms with E-state index in [0.717, 1.165) is 17.7 Å². The Bertz CT molecular complexity index is 1010.